The van der Waals surface area contributed by atoms with Crippen molar-refractivity contribution in [2.24, 2.45) is 31.8 Å². The monoisotopic (exact) mass is 1350 g/mol. The van der Waals surface area contributed by atoms with Crippen LogP contribution in [0.3, 0.4) is 0 Å². The number of thioether (sulfide) groups is 2. The molecule has 0 saturated carbocycles. The Morgan fingerprint density at radius 3 is 1.83 bits per heavy atom. The fourth-order valence-corrected chi connectivity index (χ4v) is 11.3. The Bertz CT molecular complexity index is 2680. The molecule has 0 saturated heterocycles. The standard InChI is InChI=1S/C56H92N14O10S7/c1-17-29(6)41-49(78)58-31(8)44(73)63-37(22-27(2)3)46(75)67-42(43(72)39-24-69(14)26-70(39)15)48(77)57-19-21-87-25-38(47(76)66-41)64-45(74)32(9)59-50(81)33(10)60-51(82)34(11)61-52(83)35(12)62-53(84)36(18-20-86-16)65-54(85)40(28(4)5)68-55(79)56(13,80)23-30(7)71/h19,21,24,26-29,31-38,40-43,72,80H,17-18,20,22-23,25H2,1-16H3,(H11-,57,58,59,60,61,62,63,64,65,66,67,68,73,74,75,76,77,78,79,81,82,83,84,85)/p+1/b21-19-/t29-,31-,32-,33-,34-,35-,36-,37-,38+,40-,41-,42-,43?,56?/m0/s1. The van der Waals surface area contributed by atoms with Crippen LogP contribution in [0.25, 0.3) is 0 Å². The van der Waals surface area contributed by atoms with Gasteiger partial charge in [0.05, 0.1) is 69.2 Å². The Balaban J connectivity index is 2.26. The number of aliphatic hydroxyl groups excluding tert-OH is 1. The van der Waals surface area contributed by atoms with Gasteiger partial charge in [0, 0.05) is 18.4 Å². The number of hydrogen-bond donors (Lipinski definition) is 14. The van der Waals surface area contributed by atoms with Crippen LogP contribution in [0.15, 0.2) is 24.1 Å². The van der Waals surface area contributed by atoms with Crippen molar-refractivity contribution in [2.75, 3.05) is 17.8 Å². The molecule has 488 valence electrons. The van der Waals surface area contributed by atoms with Gasteiger partial charge in [-0.1, -0.05) is 109 Å². The first-order chi connectivity index (χ1) is 40.5. The number of imidazole rings is 1. The fraction of sp³-hybridized carbons (Fsp3) is 0.679. The number of Topliss-reactive ketones (excluding diaryl/α,β-unsaturated/α-hetero) is 1. The van der Waals surface area contributed by atoms with Gasteiger partial charge in [-0.3, -0.25) is 38.4 Å². The Hall–Kier alpha value is -5.02. The molecule has 1 aliphatic heterocycles. The third-order valence-corrected chi connectivity index (χ3v) is 17.7. The van der Waals surface area contributed by atoms with E-state index in [2.05, 4.69) is 63.8 Å². The van der Waals surface area contributed by atoms with Crippen LogP contribution in [-0.2, 0) is 52.5 Å². The van der Waals surface area contributed by atoms with Crippen LogP contribution in [0.2, 0.25) is 0 Å². The van der Waals surface area contributed by atoms with Crippen molar-refractivity contribution in [3.63, 3.8) is 0 Å². The molecule has 87 heavy (non-hydrogen) atoms. The van der Waals surface area contributed by atoms with E-state index in [0.29, 0.717) is 38.5 Å². The minimum absolute atomic E-state index is 0.104. The van der Waals surface area contributed by atoms with Gasteiger partial charge in [0.15, 0.2) is 5.69 Å². The summed E-state index contributed by atoms with van der Waals surface area (Å²) in [4.78, 5) is 110. The molecule has 0 fully saturated rings. The number of carbonyl (C=O) groups is 8. The van der Waals surface area contributed by atoms with Gasteiger partial charge in [-0.2, -0.15) is 11.8 Å². The van der Waals surface area contributed by atoms with Crippen molar-refractivity contribution < 1.29 is 53.1 Å². The fourth-order valence-electron chi connectivity index (χ4n) is 8.63. The summed E-state index contributed by atoms with van der Waals surface area (Å²) in [5.74, 6) is -5.48. The summed E-state index contributed by atoms with van der Waals surface area (Å²) in [6.07, 6.45) is 5.74. The maximum absolute atomic E-state index is 14.3. The number of carbonyl (C=O) groups excluding carboxylic acids is 8. The third kappa shape index (κ3) is 25.8. The van der Waals surface area contributed by atoms with E-state index >= 15 is 0 Å². The number of aromatic nitrogens is 2. The number of thiocarbonyl (C=S) groups is 5. The van der Waals surface area contributed by atoms with Crippen LogP contribution in [-0.4, -0.2) is 177 Å². The van der Waals surface area contributed by atoms with E-state index in [-0.39, 0.29) is 41.2 Å². The zero-order chi connectivity index (χ0) is 66.4. The molecular weight excluding hydrogens is 1250 g/mol. The molecule has 2 rings (SSSR count). The average molecular weight is 1350 g/mol. The topological polar surface area (TPSA) is 330 Å². The lowest BCUT2D eigenvalue weighted by Gasteiger charge is -2.32. The highest BCUT2D eigenvalue weighted by atomic mass is 32.2. The number of rotatable bonds is 26. The summed E-state index contributed by atoms with van der Waals surface area (Å²) in [6.45, 7) is 21.9. The van der Waals surface area contributed by atoms with Crippen molar-refractivity contribution in [1.82, 2.24) is 68.4 Å². The van der Waals surface area contributed by atoms with Crippen molar-refractivity contribution >= 4 is 157 Å². The van der Waals surface area contributed by atoms with E-state index in [1.54, 1.807) is 75.2 Å². The van der Waals surface area contributed by atoms with Crippen LogP contribution in [0.4, 0.5) is 0 Å². The van der Waals surface area contributed by atoms with Gasteiger partial charge in [-0.05, 0) is 96.5 Å². The molecule has 2 heterocycles. The highest BCUT2D eigenvalue weighted by Gasteiger charge is 2.39. The first-order valence-corrected chi connectivity index (χ1v) is 33.3. The normalized spacial score (nSPS) is 22.0. The molecule has 1 aliphatic rings. The zero-order valence-electron chi connectivity index (χ0n) is 52.6. The highest BCUT2D eigenvalue weighted by Crippen LogP contribution is 2.19. The van der Waals surface area contributed by atoms with Crippen LogP contribution in [0.1, 0.15) is 127 Å². The number of aliphatic hydroxyl groups is 2. The molecule has 0 radical (unpaired) electrons. The molecule has 1 aromatic heterocycles. The van der Waals surface area contributed by atoms with E-state index in [1.807, 2.05) is 47.8 Å². The van der Waals surface area contributed by atoms with E-state index in [1.165, 1.54) is 32.4 Å². The second-order valence-electron chi connectivity index (χ2n) is 23.0. The zero-order valence-corrected chi connectivity index (χ0v) is 58.3. The second kappa shape index (κ2) is 37.2. The van der Waals surface area contributed by atoms with Gasteiger partial charge in [-0.25, -0.2) is 9.13 Å². The third-order valence-electron chi connectivity index (χ3n) is 14.0. The number of amides is 7. The minimum Gasteiger partial charge on any atom is -0.382 e. The maximum atomic E-state index is 14.3. The van der Waals surface area contributed by atoms with Crippen molar-refractivity contribution in [3.05, 3.63) is 29.8 Å². The number of aryl methyl sites for hydroxylation is 2. The molecule has 0 aliphatic carbocycles. The van der Waals surface area contributed by atoms with Crippen LogP contribution < -0.4 is 68.4 Å². The van der Waals surface area contributed by atoms with Gasteiger partial charge in [0.2, 0.25) is 41.8 Å². The SMILES string of the molecule is CC[C@H](C)[C@@H]1NC(=O)[C@H](NC(=O)[C@H](C)NC(=S)[C@H](C)NC(=S)[C@H](C)NC(=S)[C@H](C)NC(=S)[C@H](CCSC)NC(=S)[C@@H](NC(=O)C(C)(O)CC(C)=O)C(C)C)CS/C=C\NC(=O)[C@H](C(O)c2c[n+](C)cn2C)NC(=O)[C@H](CC(C)C)NC(=O)[C@H](C)NC1=O. The summed E-state index contributed by atoms with van der Waals surface area (Å²) in [7, 11) is 3.39. The molecule has 0 bridgehead atoms. The van der Waals surface area contributed by atoms with Crippen LogP contribution >= 0.6 is 84.6 Å². The molecular formula is C56H93N14O10S7+. The number of hydrogen-bond acceptors (Lipinski definition) is 17. The van der Waals surface area contributed by atoms with Gasteiger partial charge < -0.3 is 74.0 Å². The van der Waals surface area contributed by atoms with E-state index in [9.17, 15) is 48.6 Å². The lowest BCUT2D eigenvalue weighted by Crippen LogP contribution is -2.61. The largest absolute Gasteiger partial charge is 0.382 e. The lowest BCUT2D eigenvalue weighted by molar-refractivity contribution is -0.671. The molecule has 14 atom stereocenters. The Kier molecular flexibility index (Phi) is 33.4. The van der Waals surface area contributed by atoms with Crippen LogP contribution in [0.5, 0.6) is 0 Å². The average Bonchev–Trinajstić information content (AvgIpc) is 2.68. The number of nitrogens with one attached hydrogen (secondary N) is 12. The molecule has 31 heteroatoms. The van der Waals surface area contributed by atoms with E-state index in [0.717, 1.165) is 17.5 Å². The van der Waals surface area contributed by atoms with Crippen LogP contribution in [0, 0.1) is 17.8 Å². The Morgan fingerprint density at radius 1 is 0.770 bits per heavy atom. The molecule has 2 unspecified atom stereocenters. The Morgan fingerprint density at radius 2 is 1.32 bits per heavy atom. The smallest absolute Gasteiger partial charge is 0.252 e. The summed E-state index contributed by atoms with van der Waals surface area (Å²) in [6, 6.07) is -10.1. The molecule has 0 aromatic carbocycles. The Labute approximate surface area is 547 Å². The molecule has 14 N–H and O–H groups in total. The first-order valence-electron chi connectivity index (χ1n) is 28.8. The maximum Gasteiger partial charge on any atom is 0.252 e. The summed E-state index contributed by atoms with van der Waals surface area (Å²) in [5, 5.41) is 58.7. The molecule has 24 nitrogen and oxygen atoms in total. The predicted octanol–water partition coefficient (Wildman–Crippen LogP) is 0.885. The molecule has 0 spiro atoms. The summed E-state index contributed by atoms with van der Waals surface area (Å²) >= 11 is 31.6. The van der Waals surface area contributed by atoms with E-state index < -0.39 is 125 Å². The molecule has 1 aromatic rings. The highest BCUT2D eigenvalue weighted by molar-refractivity contribution is 8.02. The van der Waals surface area contributed by atoms with Gasteiger partial charge >= 0.3 is 0 Å². The van der Waals surface area contributed by atoms with Crippen molar-refractivity contribution in [1.29, 1.82) is 0 Å². The summed E-state index contributed by atoms with van der Waals surface area (Å²) in [5.41, 5.74) is -1.62. The number of nitrogens with zero attached hydrogens (tertiary/aromatic N) is 2. The van der Waals surface area contributed by atoms with Gasteiger partial charge in [0.25, 0.3) is 5.91 Å². The number of ketones is 1. The minimum atomic E-state index is -1.92. The first kappa shape index (κ1) is 78.1. The second-order valence-corrected chi connectivity index (χ2v) is 27.1. The lowest BCUT2D eigenvalue weighted by atomic mass is 9.96. The van der Waals surface area contributed by atoms with Gasteiger partial charge in [-0.15, -0.1) is 11.8 Å². The van der Waals surface area contributed by atoms with Gasteiger partial charge in [0.1, 0.15) is 59.9 Å². The van der Waals surface area contributed by atoms with E-state index in [4.69, 9.17) is 61.1 Å². The quantitative estimate of drug-likeness (QED) is 0.0452. The molecule has 7 amide bonds. The van der Waals surface area contributed by atoms with Crippen molar-refractivity contribution in [2.45, 2.75) is 194 Å². The summed E-state index contributed by atoms with van der Waals surface area (Å²) < 4.78 is 3.26. The van der Waals surface area contributed by atoms with Crippen molar-refractivity contribution in [3.8, 4) is 0 Å². The predicted molar refractivity (Wildman–Crippen MR) is 362 cm³/mol.